The predicted octanol–water partition coefficient (Wildman–Crippen LogP) is 2.65. The minimum absolute atomic E-state index is 0.315. The van der Waals surface area contributed by atoms with Crippen molar-refractivity contribution in [2.24, 2.45) is 0 Å². The van der Waals surface area contributed by atoms with Gasteiger partial charge in [0.25, 0.3) is 0 Å². The van der Waals surface area contributed by atoms with E-state index in [1.807, 2.05) is 0 Å². The molecule has 5 nitrogen and oxygen atoms in total. The monoisotopic (exact) mass is 305 g/mol. The third kappa shape index (κ3) is 3.23. The molecule has 1 aliphatic rings. The van der Waals surface area contributed by atoms with E-state index in [0.717, 1.165) is 6.42 Å². The summed E-state index contributed by atoms with van der Waals surface area (Å²) < 4.78 is 10.9. The first kappa shape index (κ1) is 14.7. The zero-order valence-corrected chi connectivity index (χ0v) is 12.4. The predicted molar refractivity (Wildman–Crippen MR) is 77.5 cm³/mol. The maximum absolute atomic E-state index is 6.12. The Kier molecular flexibility index (Phi) is 4.73. The van der Waals surface area contributed by atoms with E-state index in [1.54, 1.807) is 20.2 Å². The van der Waals surface area contributed by atoms with Crippen molar-refractivity contribution in [3.8, 4) is 0 Å². The highest BCUT2D eigenvalue weighted by Crippen LogP contribution is 2.30. The van der Waals surface area contributed by atoms with E-state index in [0.29, 0.717) is 41.4 Å². The van der Waals surface area contributed by atoms with E-state index in [2.05, 4.69) is 15.6 Å². The number of nitrogens with zero attached hydrogens (tertiary/aromatic N) is 1. The van der Waals surface area contributed by atoms with Crippen molar-refractivity contribution in [2.75, 3.05) is 44.5 Å². The Bertz CT molecular complexity index is 451. The quantitative estimate of drug-likeness (QED) is 0.876. The lowest BCUT2D eigenvalue weighted by Gasteiger charge is -2.26. The maximum atomic E-state index is 6.12. The Labute approximate surface area is 122 Å². The Morgan fingerprint density at radius 3 is 2.74 bits per heavy atom. The Morgan fingerprint density at radius 1 is 1.42 bits per heavy atom. The van der Waals surface area contributed by atoms with Crippen molar-refractivity contribution in [3.05, 3.63) is 16.1 Å². The van der Waals surface area contributed by atoms with Crippen LogP contribution in [-0.2, 0) is 9.47 Å². The molecular formula is C12H17Cl2N3O2. The lowest BCUT2D eigenvalue weighted by atomic mass is 10.0. The molecule has 2 heterocycles. The fraction of sp³-hybridized carbons (Fsp3) is 0.583. The summed E-state index contributed by atoms with van der Waals surface area (Å²) in [5.74, 6) is 1.17. The van der Waals surface area contributed by atoms with Gasteiger partial charge in [-0.3, -0.25) is 0 Å². The fourth-order valence-electron chi connectivity index (χ4n) is 1.97. The average Bonchev–Trinajstić information content (AvgIpc) is 2.87. The SMILES string of the molecule is CNc1nc(NCC2(OC)CCOC2)c(Cl)cc1Cl. The van der Waals surface area contributed by atoms with Gasteiger partial charge in [-0.2, -0.15) is 0 Å². The molecule has 7 heteroatoms. The van der Waals surface area contributed by atoms with Crippen LogP contribution in [0.1, 0.15) is 6.42 Å². The van der Waals surface area contributed by atoms with E-state index in [1.165, 1.54) is 0 Å². The number of anilines is 2. The van der Waals surface area contributed by atoms with E-state index >= 15 is 0 Å². The maximum Gasteiger partial charge on any atom is 0.147 e. The molecule has 19 heavy (non-hydrogen) atoms. The van der Waals surface area contributed by atoms with Gasteiger partial charge in [0.1, 0.15) is 17.2 Å². The smallest absolute Gasteiger partial charge is 0.147 e. The summed E-state index contributed by atoms with van der Waals surface area (Å²) >= 11 is 12.1. The van der Waals surface area contributed by atoms with Crippen molar-refractivity contribution in [2.45, 2.75) is 12.0 Å². The summed E-state index contributed by atoms with van der Waals surface area (Å²) in [6, 6.07) is 1.66. The number of hydrogen-bond donors (Lipinski definition) is 2. The molecule has 0 amide bonds. The first-order valence-electron chi connectivity index (χ1n) is 6.01. The minimum atomic E-state index is -0.315. The largest absolute Gasteiger partial charge is 0.378 e. The van der Waals surface area contributed by atoms with Gasteiger partial charge in [0, 0.05) is 33.7 Å². The zero-order chi connectivity index (χ0) is 13.9. The summed E-state index contributed by atoms with van der Waals surface area (Å²) in [6.45, 7) is 1.86. The number of hydrogen-bond acceptors (Lipinski definition) is 5. The Balaban J connectivity index is 2.10. The molecule has 0 spiro atoms. The number of aromatic nitrogens is 1. The van der Waals surface area contributed by atoms with Crippen LogP contribution in [0.25, 0.3) is 0 Å². The molecule has 1 aliphatic heterocycles. The number of methoxy groups -OCH3 is 1. The van der Waals surface area contributed by atoms with E-state index in [4.69, 9.17) is 32.7 Å². The van der Waals surface area contributed by atoms with Gasteiger partial charge in [0.2, 0.25) is 0 Å². The van der Waals surface area contributed by atoms with Crippen molar-refractivity contribution in [3.63, 3.8) is 0 Å². The van der Waals surface area contributed by atoms with Crippen LogP contribution in [0.15, 0.2) is 6.07 Å². The van der Waals surface area contributed by atoms with Gasteiger partial charge < -0.3 is 20.1 Å². The van der Waals surface area contributed by atoms with Crippen LogP contribution in [0.4, 0.5) is 11.6 Å². The molecule has 1 aromatic rings. The molecule has 106 valence electrons. The molecule has 0 bridgehead atoms. The van der Waals surface area contributed by atoms with Gasteiger partial charge in [0.05, 0.1) is 16.7 Å². The highest BCUT2D eigenvalue weighted by Gasteiger charge is 2.35. The van der Waals surface area contributed by atoms with Crippen molar-refractivity contribution in [1.29, 1.82) is 0 Å². The molecule has 0 saturated carbocycles. The highest BCUT2D eigenvalue weighted by atomic mass is 35.5. The molecule has 2 N–H and O–H groups in total. The summed E-state index contributed by atoms with van der Waals surface area (Å²) in [7, 11) is 3.44. The van der Waals surface area contributed by atoms with E-state index in [-0.39, 0.29) is 5.60 Å². The molecule has 1 fully saturated rings. The first-order valence-corrected chi connectivity index (χ1v) is 6.76. The molecule has 1 aromatic heterocycles. The number of halogens is 2. The van der Waals surface area contributed by atoms with Crippen molar-refractivity contribution < 1.29 is 9.47 Å². The molecule has 1 saturated heterocycles. The van der Waals surface area contributed by atoms with Crippen molar-refractivity contribution >= 4 is 34.8 Å². The van der Waals surface area contributed by atoms with Crippen molar-refractivity contribution in [1.82, 2.24) is 4.98 Å². The highest BCUT2D eigenvalue weighted by molar-refractivity contribution is 6.37. The molecule has 0 aliphatic carbocycles. The van der Waals surface area contributed by atoms with Crippen LogP contribution in [-0.4, -0.2) is 44.5 Å². The number of nitrogens with one attached hydrogen (secondary N) is 2. The summed E-state index contributed by atoms with van der Waals surface area (Å²) in [4.78, 5) is 4.33. The normalized spacial score (nSPS) is 22.5. The van der Waals surface area contributed by atoms with Gasteiger partial charge in [-0.25, -0.2) is 4.98 Å². The lowest BCUT2D eigenvalue weighted by Crippen LogP contribution is -2.39. The van der Waals surface area contributed by atoms with Gasteiger partial charge in [-0.1, -0.05) is 23.2 Å². The molecule has 0 radical (unpaired) electrons. The molecule has 2 rings (SSSR count). The second kappa shape index (κ2) is 6.13. The molecule has 0 aromatic carbocycles. The second-order valence-electron chi connectivity index (χ2n) is 4.44. The first-order chi connectivity index (χ1) is 9.10. The summed E-state index contributed by atoms with van der Waals surface area (Å²) in [6.07, 6.45) is 0.848. The molecular weight excluding hydrogens is 289 g/mol. The lowest BCUT2D eigenvalue weighted by molar-refractivity contribution is -0.00624. The minimum Gasteiger partial charge on any atom is -0.378 e. The third-order valence-electron chi connectivity index (χ3n) is 3.24. The van der Waals surface area contributed by atoms with Gasteiger partial charge in [-0.05, 0) is 6.07 Å². The number of pyridine rings is 1. The van der Waals surface area contributed by atoms with Gasteiger partial charge >= 0.3 is 0 Å². The van der Waals surface area contributed by atoms with Gasteiger partial charge in [0.15, 0.2) is 0 Å². The van der Waals surface area contributed by atoms with Gasteiger partial charge in [-0.15, -0.1) is 0 Å². The Morgan fingerprint density at radius 2 is 2.16 bits per heavy atom. The van der Waals surface area contributed by atoms with Crippen LogP contribution in [0.5, 0.6) is 0 Å². The molecule has 1 atom stereocenters. The van der Waals surface area contributed by atoms with Crippen LogP contribution in [0.2, 0.25) is 10.0 Å². The number of rotatable bonds is 5. The van der Waals surface area contributed by atoms with E-state index < -0.39 is 0 Å². The zero-order valence-electron chi connectivity index (χ0n) is 10.9. The van der Waals surface area contributed by atoms with Crippen LogP contribution in [0, 0.1) is 0 Å². The third-order valence-corrected chi connectivity index (χ3v) is 3.82. The topological polar surface area (TPSA) is 55.4 Å². The van der Waals surface area contributed by atoms with Crippen LogP contribution in [0.3, 0.4) is 0 Å². The standard InChI is InChI=1S/C12H17Cl2N3O2/c1-15-10-8(13)5-9(14)11(17-10)16-6-12(18-2)3-4-19-7-12/h5H,3-4,6-7H2,1-2H3,(H2,15,16,17). The van der Waals surface area contributed by atoms with Crippen LogP contribution < -0.4 is 10.6 Å². The second-order valence-corrected chi connectivity index (χ2v) is 5.26. The Hall–Kier alpha value is -0.750. The fourth-order valence-corrected chi connectivity index (χ4v) is 2.49. The van der Waals surface area contributed by atoms with Crippen LogP contribution >= 0.6 is 23.2 Å². The summed E-state index contributed by atoms with van der Waals surface area (Å²) in [5.41, 5.74) is -0.315. The molecule has 1 unspecified atom stereocenters. The average molecular weight is 306 g/mol. The number of ether oxygens (including phenoxy) is 2. The summed E-state index contributed by atoms with van der Waals surface area (Å²) in [5, 5.41) is 7.09. The van der Waals surface area contributed by atoms with E-state index in [9.17, 15) is 0 Å².